The Kier molecular flexibility index (Phi) is 10.0. The normalized spacial score (nSPS) is 16.7. The summed E-state index contributed by atoms with van der Waals surface area (Å²) in [5, 5.41) is 0. The van der Waals surface area contributed by atoms with Crippen LogP contribution in [0.3, 0.4) is 0 Å². The molecule has 0 spiro atoms. The van der Waals surface area contributed by atoms with Crippen LogP contribution in [0.5, 0.6) is 17.2 Å². The number of hydrogen-bond acceptors (Lipinski definition) is 10. The molecule has 12 heteroatoms. The monoisotopic (exact) mass is 635 g/mol. The third-order valence-electron chi connectivity index (χ3n) is 7.29. The highest BCUT2D eigenvalue weighted by atomic mass is 32.1. The number of benzene rings is 2. The first-order valence-corrected chi connectivity index (χ1v) is 15.6. The minimum Gasteiger partial charge on any atom is -0.494 e. The van der Waals surface area contributed by atoms with Gasteiger partial charge in [0, 0.05) is 13.1 Å². The van der Waals surface area contributed by atoms with Crippen LogP contribution in [-0.2, 0) is 19.1 Å². The second-order valence-corrected chi connectivity index (χ2v) is 11.7. The molecule has 0 saturated carbocycles. The molecule has 11 nitrogen and oxygen atoms in total. The minimum atomic E-state index is -0.736. The molecule has 0 radical (unpaired) electrons. The molecule has 238 valence electrons. The molecule has 2 aromatic carbocycles. The highest BCUT2D eigenvalue weighted by Gasteiger charge is 2.34. The average molecular weight is 636 g/mol. The van der Waals surface area contributed by atoms with Crippen LogP contribution >= 0.6 is 11.3 Å². The van der Waals surface area contributed by atoms with Gasteiger partial charge in [0.1, 0.15) is 5.75 Å². The molecule has 0 N–H and O–H groups in total. The van der Waals surface area contributed by atoms with E-state index in [1.807, 2.05) is 31.2 Å². The standard InChI is InChI=1S/C33H37N3O8S/c1-6-42-24-10-8-23(9-11-24)30-29(32(39)44-20(2)3)21(4)34-33-36(30)31(38)27(45-33)18-22-7-12-25(26(17-22)40-5)43-19-28(37)35-13-15-41-16-14-35/h7-12,17-18,20,30H,6,13-16,19H2,1-5H3/b27-18-/t30-/m0/s1. The molecule has 0 bridgehead atoms. The molecule has 5 rings (SSSR count). The zero-order chi connectivity index (χ0) is 32.1. The zero-order valence-corrected chi connectivity index (χ0v) is 26.8. The molecule has 1 saturated heterocycles. The van der Waals surface area contributed by atoms with Gasteiger partial charge in [-0.25, -0.2) is 9.79 Å². The van der Waals surface area contributed by atoms with E-state index in [2.05, 4.69) is 4.99 Å². The second-order valence-electron chi connectivity index (χ2n) is 10.7. The summed E-state index contributed by atoms with van der Waals surface area (Å²) in [6.45, 7) is 9.71. The van der Waals surface area contributed by atoms with E-state index < -0.39 is 12.0 Å². The van der Waals surface area contributed by atoms with Crippen LogP contribution < -0.4 is 29.1 Å². The van der Waals surface area contributed by atoms with Gasteiger partial charge >= 0.3 is 5.97 Å². The molecule has 3 aromatic rings. The van der Waals surface area contributed by atoms with E-state index in [1.165, 1.54) is 18.4 Å². The number of morpholine rings is 1. The predicted molar refractivity (Wildman–Crippen MR) is 168 cm³/mol. The fraction of sp³-hybridized carbons (Fsp3) is 0.394. The SMILES string of the molecule is CCOc1ccc([C@H]2C(C(=O)OC(C)C)=C(C)N=c3s/c(=C\c4ccc(OCC(=O)N5CCOCC5)c(OC)c4)c(=O)n32)cc1. The maximum absolute atomic E-state index is 14.0. The summed E-state index contributed by atoms with van der Waals surface area (Å²) in [5.41, 5.74) is 1.92. The highest BCUT2D eigenvalue weighted by molar-refractivity contribution is 7.07. The molecule has 45 heavy (non-hydrogen) atoms. The van der Waals surface area contributed by atoms with Crippen molar-refractivity contribution in [3.8, 4) is 17.2 Å². The Morgan fingerprint density at radius 1 is 1.09 bits per heavy atom. The Morgan fingerprint density at radius 3 is 2.49 bits per heavy atom. The number of allylic oxidation sites excluding steroid dienone is 1. The summed E-state index contributed by atoms with van der Waals surface area (Å²) >= 11 is 1.23. The van der Waals surface area contributed by atoms with Gasteiger partial charge in [0.25, 0.3) is 11.5 Å². The zero-order valence-electron chi connectivity index (χ0n) is 26.0. The van der Waals surface area contributed by atoms with E-state index in [1.54, 1.807) is 54.5 Å². The average Bonchev–Trinajstić information content (AvgIpc) is 3.33. The van der Waals surface area contributed by atoms with Crippen LogP contribution in [0.4, 0.5) is 0 Å². The molecular formula is C33H37N3O8S. The van der Waals surface area contributed by atoms with Gasteiger partial charge in [0.15, 0.2) is 22.9 Å². The summed E-state index contributed by atoms with van der Waals surface area (Å²) in [6.07, 6.45) is 1.40. The van der Waals surface area contributed by atoms with E-state index in [0.717, 1.165) is 5.56 Å². The summed E-state index contributed by atoms with van der Waals surface area (Å²) in [5.74, 6) is 0.879. The molecule has 1 amide bonds. The molecule has 0 unspecified atom stereocenters. The highest BCUT2D eigenvalue weighted by Crippen LogP contribution is 2.32. The first-order chi connectivity index (χ1) is 21.7. The van der Waals surface area contributed by atoms with Gasteiger partial charge in [-0.1, -0.05) is 29.5 Å². The topological polar surface area (TPSA) is 118 Å². The predicted octanol–water partition coefficient (Wildman–Crippen LogP) is 2.83. The van der Waals surface area contributed by atoms with Crippen molar-refractivity contribution in [2.24, 2.45) is 4.99 Å². The van der Waals surface area contributed by atoms with Crippen molar-refractivity contribution in [3.63, 3.8) is 0 Å². The third-order valence-corrected chi connectivity index (χ3v) is 8.27. The number of carbonyl (C=O) groups is 2. The van der Waals surface area contributed by atoms with E-state index in [0.29, 0.717) is 76.3 Å². The van der Waals surface area contributed by atoms with Crippen LogP contribution in [0.2, 0.25) is 0 Å². The van der Waals surface area contributed by atoms with Gasteiger partial charge in [0.05, 0.1) is 54.9 Å². The summed E-state index contributed by atoms with van der Waals surface area (Å²) in [6, 6.07) is 11.8. The number of aromatic nitrogens is 1. The lowest BCUT2D eigenvalue weighted by Gasteiger charge is -2.26. The van der Waals surface area contributed by atoms with Crippen LogP contribution in [0.15, 0.2) is 63.5 Å². The van der Waals surface area contributed by atoms with E-state index >= 15 is 0 Å². The van der Waals surface area contributed by atoms with Crippen molar-refractivity contribution >= 4 is 29.3 Å². The summed E-state index contributed by atoms with van der Waals surface area (Å²) in [7, 11) is 1.51. The van der Waals surface area contributed by atoms with E-state index in [-0.39, 0.29) is 24.2 Å². The van der Waals surface area contributed by atoms with Crippen molar-refractivity contribution in [2.75, 3.05) is 46.6 Å². The van der Waals surface area contributed by atoms with Crippen molar-refractivity contribution in [3.05, 3.63) is 84.5 Å². The first-order valence-electron chi connectivity index (χ1n) is 14.8. The number of thiazole rings is 1. The van der Waals surface area contributed by atoms with Crippen LogP contribution in [0.1, 0.15) is 44.9 Å². The van der Waals surface area contributed by atoms with E-state index in [4.69, 9.17) is 23.7 Å². The molecule has 2 aliphatic rings. The molecular weight excluding hydrogens is 598 g/mol. The van der Waals surface area contributed by atoms with Crippen molar-refractivity contribution in [1.82, 2.24) is 9.47 Å². The Morgan fingerprint density at radius 2 is 1.82 bits per heavy atom. The number of carbonyl (C=O) groups excluding carboxylic acids is 2. The molecule has 2 aliphatic heterocycles. The van der Waals surface area contributed by atoms with Gasteiger partial charge in [-0.2, -0.15) is 0 Å². The lowest BCUT2D eigenvalue weighted by Crippen LogP contribution is -2.43. The van der Waals surface area contributed by atoms with Crippen LogP contribution in [-0.4, -0.2) is 74.1 Å². The fourth-order valence-electron chi connectivity index (χ4n) is 5.18. The van der Waals surface area contributed by atoms with Crippen LogP contribution in [0, 0.1) is 0 Å². The Labute approximate surface area is 265 Å². The van der Waals surface area contributed by atoms with Crippen molar-refractivity contribution in [1.29, 1.82) is 0 Å². The number of rotatable bonds is 10. The number of amides is 1. The van der Waals surface area contributed by atoms with Crippen molar-refractivity contribution < 1.29 is 33.3 Å². The number of hydrogen-bond donors (Lipinski definition) is 0. The van der Waals surface area contributed by atoms with Crippen molar-refractivity contribution in [2.45, 2.75) is 39.8 Å². The Balaban J connectivity index is 1.49. The largest absolute Gasteiger partial charge is 0.494 e. The third kappa shape index (κ3) is 7.12. The Hall–Kier alpha value is -4.42. The van der Waals surface area contributed by atoms with Gasteiger partial charge < -0.3 is 28.6 Å². The van der Waals surface area contributed by atoms with Crippen LogP contribution in [0.25, 0.3) is 6.08 Å². The molecule has 0 aliphatic carbocycles. The van der Waals surface area contributed by atoms with Gasteiger partial charge in [-0.15, -0.1) is 0 Å². The lowest BCUT2D eigenvalue weighted by atomic mass is 9.96. The maximum atomic E-state index is 14.0. The Bertz CT molecular complexity index is 1770. The molecule has 1 aromatic heterocycles. The number of methoxy groups -OCH3 is 1. The van der Waals surface area contributed by atoms with Gasteiger partial charge in [-0.3, -0.25) is 14.2 Å². The smallest absolute Gasteiger partial charge is 0.338 e. The number of ether oxygens (including phenoxy) is 5. The molecule has 3 heterocycles. The molecule has 1 atom stereocenters. The quantitative estimate of drug-likeness (QED) is 0.312. The maximum Gasteiger partial charge on any atom is 0.338 e. The summed E-state index contributed by atoms with van der Waals surface area (Å²) in [4.78, 5) is 46.7. The number of fused-ring (bicyclic) bond motifs is 1. The number of nitrogens with zero attached hydrogens (tertiary/aromatic N) is 3. The fourth-order valence-corrected chi connectivity index (χ4v) is 6.22. The van der Waals surface area contributed by atoms with Gasteiger partial charge in [0.2, 0.25) is 0 Å². The van der Waals surface area contributed by atoms with Gasteiger partial charge in [-0.05, 0) is 69.2 Å². The summed E-state index contributed by atoms with van der Waals surface area (Å²) < 4.78 is 29.8. The van der Waals surface area contributed by atoms with E-state index in [9.17, 15) is 14.4 Å². The number of esters is 1. The second kappa shape index (κ2) is 14.1. The minimum absolute atomic E-state index is 0.124. The molecule has 1 fully saturated rings. The lowest BCUT2D eigenvalue weighted by molar-refractivity contribution is -0.143. The first kappa shape index (κ1) is 32.0.